The minimum Gasteiger partial charge on any atom is -0.0563 e. The molecule has 1 aliphatic rings. The maximum absolute atomic E-state index is 2.35. The Morgan fingerprint density at radius 1 is 0.545 bits per heavy atom. The first kappa shape index (κ1) is 15.8. The molecule has 0 aromatic heterocycles. The van der Waals surface area contributed by atoms with Crippen LogP contribution < -0.4 is 10.6 Å². The molecule has 1 fully saturated rings. The molecule has 0 unspecified atom stereocenters. The molecule has 0 aliphatic heterocycles. The first-order valence-corrected chi connectivity index (χ1v) is 9.05. The largest absolute Gasteiger partial charge is 0.0563 e. The Hall–Kier alpha value is -1.13. The van der Waals surface area contributed by atoms with Crippen LogP contribution in [0.4, 0.5) is 0 Å². The molecule has 1 heteroatoms. The Labute approximate surface area is 136 Å². The van der Waals surface area contributed by atoms with Gasteiger partial charge in [0.25, 0.3) is 0 Å². The SMILES string of the molecule is Cc1cc(C)cc(P([C]2[CH][CH][CH][CH]2)c2cc(C)cc(C)c2)c1. The van der Waals surface area contributed by atoms with Crippen molar-refractivity contribution in [2.75, 3.05) is 0 Å². The van der Waals surface area contributed by atoms with Crippen LogP contribution in [0.1, 0.15) is 22.3 Å². The van der Waals surface area contributed by atoms with Crippen LogP contribution in [-0.2, 0) is 0 Å². The van der Waals surface area contributed by atoms with Crippen molar-refractivity contribution in [3.63, 3.8) is 0 Å². The van der Waals surface area contributed by atoms with Gasteiger partial charge in [0.15, 0.2) is 0 Å². The molecule has 111 valence electrons. The highest BCUT2D eigenvalue weighted by molar-refractivity contribution is 7.76. The molecule has 3 rings (SSSR count). The first-order chi connectivity index (χ1) is 10.5. The van der Waals surface area contributed by atoms with Crippen molar-refractivity contribution in [2.45, 2.75) is 27.7 Å². The zero-order valence-corrected chi connectivity index (χ0v) is 14.6. The molecule has 1 aliphatic carbocycles. The minimum atomic E-state index is -0.474. The number of hydrogen-bond donors (Lipinski definition) is 0. The van der Waals surface area contributed by atoms with Gasteiger partial charge >= 0.3 is 0 Å². The fraction of sp³-hybridized carbons (Fsp3) is 0.190. The standard InChI is InChI=1S/C21H22P/c1-15-9-16(2)12-20(11-15)22(19-7-5-6-8-19)21-13-17(3)10-18(4)14-21/h5-14H,1-4H3. The number of benzene rings is 2. The van der Waals surface area contributed by atoms with Gasteiger partial charge in [-0.2, -0.15) is 0 Å². The smallest absolute Gasteiger partial charge is 0.0161 e. The van der Waals surface area contributed by atoms with E-state index in [1.54, 1.807) is 0 Å². The van der Waals surface area contributed by atoms with Gasteiger partial charge in [-0.25, -0.2) is 0 Å². The van der Waals surface area contributed by atoms with Crippen molar-refractivity contribution in [3.8, 4) is 0 Å². The molecular formula is C21H22P. The topological polar surface area (TPSA) is 0 Å². The first-order valence-electron chi connectivity index (χ1n) is 7.71. The van der Waals surface area contributed by atoms with Crippen molar-refractivity contribution in [1.29, 1.82) is 0 Å². The quantitative estimate of drug-likeness (QED) is 0.720. The van der Waals surface area contributed by atoms with E-state index < -0.39 is 7.92 Å². The average molecular weight is 305 g/mol. The van der Waals surface area contributed by atoms with Gasteiger partial charge in [-0.3, -0.25) is 0 Å². The molecule has 0 atom stereocenters. The highest BCUT2D eigenvalue weighted by Crippen LogP contribution is 2.52. The van der Waals surface area contributed by atoms with Crippen LogP contribution in [0.5, 0.6) is 0 Å². The Morgan fingerprint density at radius 2 is 0.909 bits per heavy atom. The van der Waals surface area contributed by atoms with Crippen LogP contribution in [-0.4, -0.2) is 0 Å². The van der Waals surface area contributed by atoms with Crippen LogP contribution in [0.2, 0.25) is 0 Å². The normalized spacial score (nSPS) is 15.7. The molecule has 1 saturated carbocycles. The monoisotopic (exact) mass is 305 g/mol. The van der Waals surface area contributed by atoms with Gasteiger partial charge in [0, 0.05) is 5.66 Å². The van der Waals surface area contributed by atoms with Crippen molar-refractivity contribution in [1.82, 2.24) is 0 Å². The summed E-state index contributed by atoms with van der Waals surface area (Å²) in [5.41, 5.74) is 6.82. The molecule has 5 radical (unpaired) electrons. The van der Waals surface area contributed by atoms with Crippen molar-refractivity contribution in [3.05, 3.63) is 90.0 Å². The molecule has 0 N–H and O–H groups in total. The summed E-state index contributed by atoms with van der Waals surface area (Å²) in [6.07, 6.45) is 8.83. The van der Waals surface area contributed by atoms with E-state index in [4.69, 9.17) is 0 Å². The van der Waals surface area contributed by atoms with Crippen LogP contribution in [0, 0.1) is 59.0 Å². The summed E-state index contributed by atoms with van der Waals surface area (Å²) in [6.45, 7) is 8.76. The predicted octanol–water partition coefficient (Wildman–Crippen LogP) is 4.72. The van der Waals surface area contributed by atoms with Crippen LogP contribution >= 0.6 is 7.92 Å². The number of hydrogen-bond acceptors (Lipinski definition) is 0. The zero-order valence-electron chi connectivity index (χ0n) is 13.7. The molecule has 0 spiro atoms. The predicted molar refractivity (Wildman–Crippen MR) is 98.5 cm³/mol. The fourth-order valence-corrected chi connectivity index (χ4v) is 5.82. The van der Waals surface area contributed by atoms with Crippen molar-refractivity contribution < 1.29 is 0 Å². The third-order valence-electron chi connectivity index (χ3n) is 3.83. The third kappa shape index (κ3) is 3.44. The van der Waals surface area contributed by atoms with Gasteiger partial charge in [0.05, 0.1) is 0 Å². The van der Waals surface area contributed by atoms with E-state index in [-0.39, 0.29) is 0 Å². The van der Waals surface area contributed by atoms with Crippen molar-refractivity contribution in [2.24, 2.45) is 0 Å². The summed E-state index contributed by atoms with van der Waals surface area (Å²) in [4.78, 5) is 0. The van der Waals surface area contributed by atoms with Gasteiger partial charge < -0.3 is 0 Å². The molecule has 0 amide bonds. The van der Waals surface area contributed by atoms with Crippen LogP contribution in [0.15, 0.2) is 36.4 Å². The van der Waals surface area contributed by atoms with E-state index in [9.17, 15) is 0 Å². The van der Waals surface area contributed by atoms with E-state index in [0.717, 1.165) is 0 Å². The molecule has 0 heterocycles. The average Bonchev–Trinajstić information content (AvgIpc) is 2.90. The van der Waals surface area contributed by atoms with Gasteiger partial charge in [-0.05, 0) is 71.9 Å². The Morgan fingerprint density at radius 3 is 1.27 bits per heavy atom. The summed E-state index contributed by atoms with van der Waals surface area (Å²) >= 11 is 0. The Kier molecular flexibility index (Phi) is 4.69. The maximum Gasteiger partial charge on any atom is 0.0161 e. The van der Waals surface area contributed by atoms with E-state index in [2.05, 4.69) is 89.8 Å². The Balaban J connectivity index is 2.10. The van der Waals surface area contributed by atoms with Crippen molar-refractivity contribution >= 4 is 18.5 Å². The van der Waals surface area contributed by atoms with Gasteiger partial charge in [0.1, 0.15) is 0 Å². The summed E-state index contributed by atoms with van der Waals surface area (Å²) < 4.78 is 0. The number of aryl methyl sites for hydroxylation is 4. The molecule has 0 saturated heterocycles. The second-order valence-corrected chi connectivity index (χ2v) is 8.39. The minimum absolute atomic E-state index is 0.474. The lowest BCUT2D eigenvalue weighted by molar-refractivity contribution is 1.39. The van der Waals surface area contributed by atoms with E-state index in [0.29, 0.717) is 0 Å². The highest BCUT2D eigenvalue weighted by atomic mass is 31.1. The lowest BCUT2D eigenvalue weighted by atomic mass is 10.2. The molecule has 0 nitrogen and oxygen atoms in total. The van der Waals surface area contributed by atoms with E-state index >= 15 is 0 Å². The number of rotatable bonds is 3. The fourth-order valence-electron chi connectivity index (χ4n) is 3.12. The summed E-state index contributed by atoms with van der Waals surface area (Å²) in [6, 6.07) is 13.9. The molecule has 2 aromatic rings. The molecular weight excluding hydrogens is 283 g/mol. The molecule has 0 bridgehead atoms. The Bertz CT molecular complexity index is 574. The molecule has 2 aromatic carbocycles. The maximum atomic E-state index is 2.35. The highest BCUT2D eigenvalue weighted by Gasteiger charge is 2.29. The summed E-state index contributed by atoms with van der Waals surface area (Å²) in [7, 11) is -0.474. The molecule has 22 heavy (non-hydrogen) atoms. The summed E-state index contributed by atoms with van der Waals surface area (Å²) in [5.74, 6) is 0. The summed E-state index contributed by atoms with van der Waals surface area (Å²) in [5, 5.41) is 2.90. The second kappa shape index (κ2) is 6.55. The van der Waals surface area contributed by atoms with E-state index in [1.807, 2.05) is 0 Å². The lowest BCUT2D eigenvalue weighted by Crippen LogP contribution is -2.17. The van der Waals surface area contributed by atoms with Gasteiger partial charge in [-0.1, -0.05) is 58.7 Å². The van der Waals surface area contributed by atoms with Crippen LogP contribution in [0.25, 0.3) is 0 Å². The third-order valence-corrected chi connectivity index (χ3v) is 6.20. The van der Waals surface area contributed by atoms with Gasteiger partial charge in [-0.15, -0.1) is 0 Å². The zero-order chi connectivity index (χ0) is 15.7. The second-order valence-electron chi connectivity index (χ2n) is 6.17. The van der Waals surface area contributed by atoms with Crippen LogP contribution in [0.3, 0.4) is 0 Å². The van der Waals surface area contributed by atoms with Gasteiger partial charge in [0.2, 0.25) is 0 Å². The lowest BCUT2D eigenvalue weighted by Gasteiger charge is -2.26. The van der Waals surface area contributed by atoms with E-state index in [1.165, 1.54) is 38.5 Å².